The number of aliphatic hydroxyl groups excluding tert-OH is 1. The quantitative estimate of drug-likeness (QED) is 0.442. The van der Waals surface area contributed by atoms with Gasteiger partial charge in [0.2, 0.25) is 0 Å². The molecule has 0 saturated carbocycles. The number of aromatic amines is 1. The van der Waals surface area contributed by atoms with Gasteiger partial charge in [-0.05, 0) is 36.5 Å². The molecule has 11 heteroatoms. The Hall–Kier alpha value is -3.47. The number of benzene rings is 1. The summed E-state index contributed by atoms with van der Waals surface area (Å²) in [5.41, 5.74) is 2.16. The van der Waals surface area contributed by atoms with E-state index in [1.165, 1.54) is 0 Å². The van der Waals surface area contributed by atoms with Gasteiger partial charge in [0.25, 0.3) is 0 Å². The summed E-state index contributed by atoms with van der Waals surface area (Å²) in [6, 6.07) is 8.70. The molecule has 4 heterocycles. The summed E-state index contributed by atoms with van der Waals surface area (Å²) in [6.07, 6.45) is -1.72. The van der Waals surface area contributed by atoms with Crippen molar-refractivity contribution < 1.29 is 18.3 Å². The molecule has 3 aromatic heterocycles. The number of fused-ring (bicyclic) bond motifs is 1. The van der Waals surface area contributed by atoms with Crippen molar-refractivity contribution >= 4 is 16.7 Å². The first-order valence-corrected chi connectivity index (χ1v) is 11.5. The predicted octanol–water partition coefficient (Wildman–Crippen LogP) is 4.08. The number of nitrogens with zero attached hydrogens (tertiary/aromatic N) is 6. The van der Waals surface area contributed by atoms with Gasteiger partial charge in [0.05, 0.1) is 11.8 Å². The second-order valence-electron chi connectivity index (χ2n) is 9.13. The van der Waals surface area contributed by atoms with Gasteiger partial charge in [-0.2, -0.15) is 18.3 Å². The number of aromatic nitrogens is 6. The van der Waals surface area contributed by atoms with E-state index in [-0.39, 0.29) is 11.4 Å². The lowest BCUT2D eigenvalue weighted by Crippen LogP contribution is -2.36. The van der Waals surface area contributed by atoms with Crippen molar-refractivity contribution in [1.82, 2.24) is 29.9 Å². The molecule has 1 aromatic carbocycles. The number of nitrogens with one attached hydrogen (secondary N) is 1. The van der Waals surface area contributed by atoms with E-state index in [0.717, 1.165) is 17.5 Å². The summed E-state index contributed by atoms with van der Waals surface area (Å²) in [4.78, 5) is 5.84. The minimum absolute atomic E-state index is 0.108. The summed E-state index contributed by atoms with van der Waals surface area (Å²) in [5, 5.41) is 25.2. The minimum atomic E-state index is -4.60. The van der Waals surface area contributed by atoms with Gasteiger partial charge in [-0.15, -0.1) is 10.2 Å². The number of hydrogen-bond acceptors (Lipinski definition) is 6. The molecule has 1 atom stereocenters. The van der Waals surface area contributed by atoms with Crippen molar-refractivity contribution in [2.24, 2.45) is 7.05 Å². The van der Waals surface area contributed by atoms with Gasteiger partial charge in [0, 0.05) is 32.1 Å². The fourth-order valence-corrected chi connectivity index (χ4v) is 4.56. The lowest BCUT2D eigenvalue weighted by molar-refractivity contribution is -0.140. The van der Waals surface area contributed by atoms with Crippen LogP contribution in [0.25, 0.3) is 22.3 Å². The number of pyridine rings is 1. The van der Waals surface area contributed by atoms with E-state index >= 15 is 0 Å². The molecule has 1 unspecified atom stereocenters. The van der Waals surface area contributed by atoms with Crippen LogP contribution in [0.4, 0.5) is 18.9 Å². The number of aliphatic hydroxyl groups is 1. The Bertz CT molecular complexity index is 1340. The monoisotopic (exact) mass is 485 g/mol. The molecule has 8 nitrogen and oxygen atoms in total. The number of piperidine rings is 1. The Labute approximate surface area is 199 Å². The van der Waals surface area contributed by atoms with Crippen LogP contribution in [0.15, 0.2) is 36.7 Å². The summed E-state index contributed by atoms with van der Waals surface area (Å²) < 4.78 is 43.2. The number of halogens is 3. The largest absolute Gasteiger partial charge is 0.433 e. The van der Waals surface area contributed by atoms with Gasteiger partial charge in [-0.3, -0.25) is 5.10 Å². The zero-order chi connectivity index (χ0) is 24.7. The number of alkyl halides is 3. The number of anilines is 1. The van der Waals surface area contributed by atoms with E-state index in [2.05, 4.69) is 32.3 Å². The summed E-state index contributed by atoms with van der Waals surface area (Å²) in [6.45, 7) is 2.99. The maximum absolute atomic E-state index is 13.8. The van der Waals surface area contributed by atoms with Gasteiger partial charge in [0.1, 0.15) is 34.6 Å². The van der Waals surface area contributed by atoms with Crippen LogP contribution in [-0.2, 0) is 19.6 Å². The highest BCUT2D eigenvalue weighted by Crippen LogP contribution is 2.38. The van der Waals surface area contributed by atoms with Crippen molar-refractivity contribution in [3.63, 3.8) is 0 Å². The molecule has 1 fully saturated rings. The van der Waals surface area contributed by atoms with Gasteiger partial charge < -0.3 is 14.6 Å². The van der Waals surface area contributed by atoms with Crippen LogP contribution in [0.5, 0.6) is 0 Å². The molecule has 5 rings (SSSR count). The van der Waals surface area contributed by atoms with E-state index in [1.807, 2.05) is 40.8 Å². The summed E-state index contributed by atoms with van der Waals surface area (Å²) in [7, 11) is 1.89. The lowest BCUT2D eigenvalue weighted by atomic mass is 9.95. The van der Waals surface area contributed by atoms with Crippen molar-refractivity contribution in [2.45, 2.75) is 44.4 Å². The van der Waals surface area contributed by atoms with E-state index in [0.29, 0.717) is 54.8 Å². The van der Waals surface area contributed by atoms with E-state index in [9.17, 15) is 18.3 Å². The van der Waals surface area contributed by atoms with Crippen LogP contribution >= 0.6 is 0 Å². The number of H-pyrrole nitrogens is 1. The third-order valence-electron chi connectivity index (χ3n) is 6.62. The highest BCUT2D eigenvalue weighted by atomic mass is 19.4. The van der Waals surface area contributed by atoms with Crippen LogP contribution in [0.1, 0.15) is 42.8 Å². The molecular formula is C24H26F3N7O. The van der Waals surface area contributed by atoms with E-state index in [4.69, 9.17) is 0 Å². The van der Waals surface area contributed by atoms with Gasteiger partial charge in [-0.25, -0.2) is 4.98 Å². The molecule has 1 saturated heterocycles. The van der Waals surface area contributed by atoms with Crippen LogP contribution in [0, 0.1) is 0 Å². The Morgan fingerprint density at radius 2 is 1.97 bits per heavy atom. The maximum Gasteiger partial charge on any atom is 0.433 e. The van der Waals surface area contributed by atoms with Gasteiger partial charge in [-0.1, -0.05) is 25.1 Å². The molecule has 4 aromatic rings. The second kappa shape index (κ2) is 8.95. The second-order valence-corrected chi connectivity index (χ2v) is 9.13. The Kier molecular flexibility index (Phi) is 5.96. The first-order valence-electron chi connectivity index (χ1n) is 11.5. The molecule has 35 heavy (non-hydrogen) atoms. The van der Waals surface area contributed by atoms with Crippen LogP contribution < -0.4 is 4.90 Å². The normalized spacial score (nSPS) is 16.2. The smallest absolute Gasteiger partial charge is 0.393 e. The molecule has 0 amide bonds. The van der Waals surface area contributed by atoms with Crippen LogP contribution in [0.2, 0.25) is 0 Å². The van der Waals surface area contributed by atoms with Crippen LogP contribution in [0.3, 0.4) is 0 Å². The topological polar surface area (TPSA) is 95.8 Å². The zero-order valence-electron chi connectivity index (χ0n) is 19.4. The average molecular weight is 486 g/mol. The molecule has 0 spiro atoms. The third-order valence-corrected chi connectivity index (χ3v) is 6.62. The highest BCUT2D eigenvalue weighted by molar-refractivity contribution is 5.97. The highest BCUT2D eigenvalue weighted by Gasteiger charge is 2.35. The first-order chi connectivity index (χ1) is 16.7. The Morgan fingerprint density at radius 3 is 2.66 bits per heavy atom. The molecule has 184 valence electrons. The number of aryl methyl sites for hydroxylation is 1. The number of rotatable bonds is 5. The average Bonchev–Trinajstić information content (AvgIpc) is 3.44. The fraction of sp³-hybridized carbons (Fsp3) is 0.417. The molecule has 1 aliphatic heterocycles. The van der Waals surface area contributed by atoms with Gasteiger partial charge in [0.15, 0.2) is 0 Å². The summed E-state index contributed by atoms with van der Waals surface area (Å²) in [5.74, 6) is 0.956. The molecule has 2 N–H and O–H groups in total. The van der Waals surface area contributed by atoms with Crippen molar-refractivity contribution in [2.75, 3.05) is 18.0 Å². The first kappa shape index (κ1) is 23.3. The van der Waals surface area contributed by atoms with E-state index in [1.54, 1.807) is 6.33 Å². The molecular weight excluding hydrogens is 459 g/mol. The lowest BCUT2D eigenvalue weighted by Gasteiger charge is -2.32. The van der Waals surface area contributed by atoms with Gasteiger partial charge >= 0.3 is 6.18 Å². The third kappa shape index (κ3) is 4.60. The minimum Gasteiger partial charge on any atom is -0.393 e. The van der Waals surface area contributed by atoms with E-state index < -0.39 is 18.0 Å². The molecule has 0 radical (unpaired) electrons. The fourth-order valence-electron chi connectivity index (χ4n) is 4.56. The molecule has 0 bridgehead atoms. The van der Waals surface area contributed by atoms with Crippen molar-refractivity contribution in [3.8, 4) is 11.3 Å². The van der Waals surface area contributed by atoms with Crippen LogP contribution in [-0.4, -0.2) is 54.2 Å². The Balaban J connectivity index is 1.55. The zero-order valence-corrected chi connectivity index (χ0v) is 19.4. The number of hydrogen-bond donors (Lipinski definition) is 2. The van der Waals surface area contributed by atoms with Crippen molar-refractivity contribution in [1.29, 1.82) is 0 Å². The summed E-state index contributed by atoms with van der Waals surface area (Å²) >= 11 is 0. The standard InChI is InChI=1S/C24H26F3N7O/c1-14(10-20-30-28-13-33(20)2)15-4-3-5-16(11-15)21-23-22(32-31-21)18(12-19(29-23)24(25,26)27)34-8-6-17(35)7-9-34/h3-5,11-14,17,35H,6-10H2,1-2H3,(H,31,32). The Morgan fingerprint density at radius 1 is 1.20 bits per heavy atom. The predicted molar refractivity (Wildman–Crippen MR) is 125 cm³/mol. The maximum atomic E-state index is 13.8. The SMILES string of the molecule is CC(Cc1nncn1C)c1cccc(-c2n[nH]c3c(N4CCC(O)CC4)cc(C(F)(F)F)nc23)c1. The molecule has 1 aliphatic rings. The van der Waals surface area contributed by atoms with Crippen molar-refractivity contribution in [3.05, 3.63) is 53.7 Å². The molecule has 0 aliphatic carbocycles.